The lowest BCUT2D eigenvalue weighted by atomic mass is 10.1. The molecule has 8 nitrogen and oxygen atoms in total. The fourth-order valence-corrected chi connectivity index (χ4v) is 5.67. The van der Waals surface area contributed by atoms with Gasteiger partial charge >= 0.3 is 0 Å². The van der Waals surface area contributed by atoms with Gasteiger partial charge in [0.2, 0.25) is 5.91 Å². The number of hydrogen-bond acceptors (Lipinski definition) is 7. The third kappa shape index (κ3) is 9.15. The summed E-state index contributed by atoms with van der Waals surface area (Å²) >= 11 is 2.70. The smallest absolute Gasteiger partial charge is 0.272 e. The fourth-order valence-electron chi connectivity index (χ4n) is 4.17. The summed E-state index contributed by atoms with van der Waals surface area (Å²) in [5, 5.41) is 10.9. The molecule has 0 spiro atoms. The van der Waals surface area contributed by atoms with Crippen molar-refractivity contribution >= 4 is 57.7 Å². The van der Waals surface area contributed by atoms with Gasteiger partial charge in [-0.25, -0.2) is 4.98 Å². The molecule has 0 aliphatic carbocycles. The summed E-state index contributed by atoms with van der Waals surface area (Å²) in [7, 11) is 0. The van der Waals surface area contributed by atoms with E-state index in [0.29, 0.717) is 34.3 Å². The Bertz CT molecular complexity index is 1790. The van der Waals surface area contributed by atoms with E-state index in [9.17, 15) is 14.4 Å². The number of rotatable bonds is 12. The molecule has 1 aromatic heterocycles. The minimum atomic E-state index is -0.494. The van der Waals surface area contributed by atoms with Gasteiger partial charge in [0.25, 0.3) is 11.8 Å². The molecule has 4 aromatic carbocycles. The molecule has 0 aliphatic heterocycles. The molecule has 5 aromatic rings. The maximum atomic E-state index is 13.4. The van der Waals surface area contributed by atoms with Crippen molar-refractivity contribution in [3.63, 3.8) is 0 Å². The number of nitrogens with zero attached hydrogens (tertiary/aromatic N) is 1. The van der Waals surface area contributed by atoms with Gasteiger partial charge in [0, 0.05) is 27.1 Å². The van der Waals surface area contributed by atoms with Crippen LogP contribution in [0.25, 0.3) is 17.3 Å². The Labute approximate surface area is 269 Å². The second-order valence-corrected chi connectivity index (χ2v) is 11.5. The number of benzene rings is 4. The highest BCUT2D eigenvalue weighted by atomic mass is 32.2. The molecule has 10 heteroatoms. The number of hydrogen-bond donors (Lipinski definition) is 3. The van der Waals surface area contributed by atoms with Crippen LogP contribution in [0.1, 0.15) is 22.8 Å². The highest BCUT2D eigenvalue weighted by Crippen LogP contribution is 2.26. The van der Waals surface area contributed by atoms with E-state index in [-0.39, 0.29) is 17.4 Å². The van der Waals surface area contributed by atoms with Gasteiger partial charge in [-0.05, 0) is 61.0 Å². The van der Waals surface area contributed by atoms with Gasteiger partial charge in [0.05, 0.1) is 18.1 Å². The minimum Gasteiger partial charge on any atom is -0.494 e. The van der Waals surface area contributed by atoms with E-state index in [1.54, 1.807) is 60.7 Å². The van der Waals surface area contributed by atoms with Crippen molar-refractivity contribution < 1.29 is 19.1 Å². The molecule has 0 radical (unpaired) electrons. The number of thiazole rings is 1. The maximum absolute atomic E-state index is 13.4. The van der Waals surface area contributed by atoms with Crippen molar-refractivity contribution in [1.29, 1.82) is 0 Å². The molecule has 0 saturated carbocycles. The zero-order chi connectivity index (χ0) is 31.4. The molecular formula is C35H30N4O4S2. The highest BCUT2D eigenvalue weighted by molar-refractivity contribution is 8.00. The monoisotopic (exact) mass is 634 g/mol. The van der Waals surface area contributed by atoms with Crippen LogP contribution in [-0.4, -0.2) is 35.1 Å². The third-order valence-electron chi connectivity index (χ3n) is 6.31. The lowest BCUT2D eigenvalue weighted by Gasteiger charge is -2.12. The van der Waals surface area contributed by atoms with Crippen LogP contribution < -0.4 is 20.7 Å². The highest BCUT2D eigenvalue weighted by Gasteiger charge is 2.16. The van der Waals surface area contributed by atoms with Crippen molar-refractivity contribution in [2.24, 2.45) is 0 Å². The predicted molar refractivity (Wildman–Crippen MR) is 181 cm³/mol. The number of carbonyl (C=O) groups excluding carboxylic acids is 3. The van der Waals surface area contributed by atoms with Crippen molar-refractivity contribution in [2.45, 2.75) is 11.8 Å². The average Bonchev–Trinajstić information content (AvgIpc) is 3.54. The summed E-state index contributed by atoms with van der Waals surface area (Å²) < 4.78 is 5.51. The molecule has 0 saturated heterocycles. The number of anilines is 2. The SMILES string of the molecule is CCOc1ccc(/C=C(/NC(=O)c2ccccc2)C(=O)Nc2cccc(SCC(=O)Nc3nc(-c4ccccc4)cs3)c2)cc1. The van der Waals surface area contributed by atoms with E-state index in [2.05, 4.69) is 20.9 Å². The quantitative estimate of drug-likeness (QED) is 0.0978. The van der Waals surface area contributed by atoms with Crippen molar-refractivity contribution in [2.75, 3.05) is 23.0 Å². The molecule has 0 atom stereocenters. The molecule has 0 bridgehead atoms. The van der Waals surface area contributed by atoms with Gasteiger partial charge in [-0.1, -0.05) is 66.7 Å². The Morgan fingerprint density at radius 3 is 2.33 bits per heavy atom. The fraction of sp³-hybridized carbons (Fsp3) is 0.0857. The van der Waals surface area contributed by atoms with E-state index in [1.165, 1.54) is 23.1 Å². The van der Waals surface area contributed by atoms with Crippen LogP contribution in [0, 0.1) is 0 Å². The summed E-state index contributed by atoms with van der Waals surface area (Å²) in [6, 6.07) is 32.9. The van der Waals surface area contributed by atoms with Crippen LogP contribution in [0.3, 0.4) is 0 Å². The number of aromatic nitrogens is 1. The Morgan fingerprint density at radius 2 is 1.60 bits per heavy atom. The number of amides is 3. The van der Waals surface area contributed by atoms with Gasteiger partial charge in [-0.15, -0.1) is 23.1 Å². The standard InChI is InChI=1S/C35H30N4O4S2/c1-2-43-28-18-16-24(17-19-28)20-30(37-33(41)26-12-7-4-8-13-26)34(42)36-27-14-9-15-29(21-27)44-23-32(40)39-35-38-31(22-45-35)25-10-5-3-6-11-25/h3-22H,2,23H2,1H3,(H,36,42)(H,37,41)(H,38,39,40)/b30-20+. The molecule has 226 valence electrons. The van der Waals surface area contributed by atoms with Crippen LogP contribution in [0.5, 0.6) is 5.75 Å². The van der Waals surface area contributed by atoms with Gasteiger partial charge in [0.1, 0.15) is 11.4 Å². The van der Waals surface area contributed by atoms with E-state index in [1.807, 2.05) is 66.9 Å². The first-order chi connectivity index (χ1) is 22.0. The summed E-state index contributed by atoms with van der Waals surface area (Å²) in [6.45, 7) is 2.45. The van der Waals surface area contributed by atoms with Crippen molar-refractivity contribution in [3.05, 3.63) is 131 Å². The van der Waals surface area contributed by atoms with Gasteiger partial charge < -0.3 is 20.7 Å². The molecule has 5 rings (SSSR count). The zero-order valence-corrected chi connectivity index (χ0v) is 26.0. The first kappa shape index (κ1) is 31.2. The molecule has 0 fully saturated rings. The Morgan fingerprint density at radius 1 is 0.867 bits per heavy atom. The molecule has 3 amide bonds. The summed E-state index contributed by atoms with van der Waals surface area (Å²) in [5.74, 6) is -0.221. The first-order valence-corrected chi connectivity index (χ1v) is 16.0. The summed E-state index contributed by atoms with van der Waals surface area (Å²) in [4.78, 5) is 44.3. The zero-order valence-electron chi connectivity index (χ0n) is 24.4. The van der Waals surface area contributed by atoms with E-state index in [4.69, 9.17) is 4.74 Å². The molecule has 45 heavy (non-hydrogen) atoms. The van der Waals surface area contributed by atoms with Crippen LogP contribution in [0.15, 0.2) is 125 Å². The third-order valence-corrected chi connectivity index (χ3v) is 8.06. The van der Waals surface area contributed by atoms with E-state index < -0.39 is 11.8 Å². The second-order valence-electron chi connectivity index (χ2n) is 9.60. The second kappa shape index (κ2) is 15.5. The summed E-state index contributed by atoms with van der Waals surface area (Å²) in [6.07, 6.45) is 1.61. The van der Waals surface area contributed by atoms with Crippen molar-refractivity contribution in [1.82, 2.24) is 10.3 Å². The molecule has 3 N–H and O–H groups in total. The molecule has 1 heterocycles. The Balaban J connectivity index is 1.23. The van der Waals surface area contributed by atoms with Gasteiger partial charge in [-0.3, -0.25) is 14.4 Å². The molecule has 0 unspecified atom stereocenters. The van der Waals surface area contributed by atoms with Crippen LogP contribution in [0.2, 0.25) is 0 Å². The maximum Gasteiger partial charge on any atom is 0.272 e. The Hall–Kier alpha value is -5.19. The molecule has 0 aliphatic rings. The lowest BCUT2D eigenvalue weighted by Crippen LogP contribution is -2.30. The number of nitrogens with one attached hydrogen (secondary N) is 3. The van der Waals surface area contributed by atoms with Crippen molar-refractivity contribution in [3.8, 4) is 17.0 Å². The van der Waals surface area contributed by atoms with E-state index >= 15 is 0 Å². The van der Waals surface area contributed by atoms with Crippen LogP contribution in [-0.2, 0) is 9.59 Å². The van der Waals surface area contributed by atoms with Crippen LogP contribution >= 0.6 is 23.1 Å². The predicted octanol–water partition coefficient (Wildman–Crippen LogP) is 7.35. The first-order valence-electron chi connectivity index (χ1n) is 14.1. The summed E-state index contributed by atoms with van der Waals surface area (Å²) in [5.41, 5.74) is 3.52. The topological polar surface area (TPSA) is 109 Å². The molecular weight excluding hydrogens is 605 g/mol. The number of carbonyl (C=O) groups is 3. The lowest BCUT2D eigenvalue weighted by molar-refractivity contribution is -0.114. The van der Waals surface area contributed by atoms with Crippen LogP contribution in [0.4, 0.5) is 10.8 Å². The average molecular weight is 635 g/mol. The number of thioether (sulfide) groups is 1. The van der Waals surface area contributed by atoms with Gasteiger partial charge in [-0.2, -0.15) is 0 Å². The Kier molecular flexibility index (Phi) is 10.8. The van der Waals surface area contributed by atoms with E-state index in [0.717, 1.165) is 16.2 Å². The van der Waals surface area contributed by atoms with Gasteiger partial charge in [0.15, 0.2) is 5.13 Å². The minimum absolute atomic E-state index is 0.0729. The number of ether oxygens (including phenoxy) is 1. The normalized spacial score (nSPS) is 11.0. The largest absolute Gasteiger partial charge is 0.494 e.